The van der Waals surface area contributed by atoms with Crippen molar-refractivity contribution >= 4 is 10.9 Å². The van der Waals surface area contributed by atoms with E-state index in [2.05, 4.69) is 21.0 Å². The van der Waals surface area contributed by atoms with Gasteiger partial charge in [0.05, 0.1) is 6.04 Å². The zero-order valence-corrected chi connectivity index (χ0v) is 10.1. The molecule has 0 saturated carbocycles. The summed E-state index contributed by atoms with van der Waals surface area (Å²) in [5.41, 5.74) is 9.37. The smallest absolute Gasteiger partial charge is 0.149 e. The van der Waals surface area contributed by atoms with E-state index in [0.717, 1.165) is 22.0 Å². The summed E-state index contributed by atoms with van der Waals surface area (Å²) in [6.45, 7) is 1.96. The molecule has 0 aliphatic heterocycles. The fraction of sp³-hybridized carbons (Fsp3) is 0.143. The Morgan fingerprint density at radius 2 is 1.89 bits per heavy atom. The summed E-state index contributed by atoms with van der Waals surface area (Å²) in [4.78, 5) is 11.8. The van der Waals surface area contributed by atoms with E-state index >= 15 is 0 Å². The third-order valence-corrected chi connectivity index (χ3v) is 3.04. The number of fused-ring (bicyclic) bond motifs is 1. The van der Waals surface area contributed by atoms with Crippen LogP contribution in [0.2, 0.25) is 0 Å². The average molecular weight is 238 g/mol. The molecule has 3 N–H and O–H groups in total. The molecule has 0 bridgehead atoms. The van der Waals surface area contributed by atoms with Crippen LogP contribution in [0.4, 0.5) is 0 Å². The van der Waals surface area contributed by atoms with Gasteiger partial charge in [-0.1, -0.05) is 18.2 Å². The number of nitrogens with zero attached hydrogens (tertiary/aromatic N) is 2. The third kappa shape index (κ3) is 1.76. The van der Waals surface area contributed by atoms with Gasteiger partial charge in [-0.3, -0.25) is 0 Å². The van der Waals surface area contributed by atoms with E-state index in [4.69, 9.17) is 5.73 Å². The number of para-hydroxylation sites is 1. The van der Waals surface area contributed by atoms with Crippen molar-refractivity contribution in [2.75, 3.05) is 0 Å². The largest absolute Gasteiger partial charge is 0.361 e. The van der Waals surface area contributed by atoms with Crippen LogP contribution in [-0.2, 0) is 0 Å². The Morgan fingerprint density at radius 1 is 1.17 bits per heavy atom. The molecular formula is C14H14N4. The van der Waals surface area contributed by atoms with Gasteiger partial charge in [0.15, 0.2) is 0 Å². The molecule has 0 aliphatic rings. The maximum Gasteiger partial charge on any atom is 0.149 e. The number of nitrogens with one attached hydrogen (secondary N) is 1. The number of aryl methyl sites for hydroxylation is 1. The number of hydrogen-bond donors (Lipinski definition) is 2. The molecule has 18 heavy (non-hydrogen) atoms. The van der Waals surface area contributed by atoms with Gasteiger partial charge in [0.1, 0.15) is 5.82 Å². The van der Waals surface area contributed by atoms with Gasteiger partial charge in [-0.05, 0) is 18.6 Å². The predicted octanol–water partition coefficient (Wildman–Crippen LogP) is 2.31. The van der Waals surface area contributed by atoms with Crippen LogP contribution in [0.1, 0.15) is 23.0 Å². The molecule has 0 spiro atoms. The number of rotatable bonds is 2. The molecule has 3 rings (SSSR count). The van der Waals surface area contributed by atoms with Gasteiger partial charge in [0.2, 0.25) is 0 Å². The molecule has 0 saturated heterocycles. The van der Waals surface area contributed by atoms with Crippen LogP contribution in [0.15, 0.2) is 42.9 Å². The lowest BCUT2D eigenvalue weighted by Gasteiger charge is -2.09. The fourth-order valence-electron chi connectivity index (χ4n) is 2.05. The van der Waals surface area contributed by atoms with Crippen molar-refractivity contribution < 1.29 is 0 Å². The van der Waals surface area contributed by atoms with Crippen LogP contribution >= 0.6 is 0 Å². The van der Waals surface area contributed by atoms with Crippen molar-refractivity contribution in [2.45, 2.75) is 13.0 Å². The fourth-order valence-corrected chi connectivity index (χ4v) is 2.05. The molecule has 1 unspecified atom stereocenters. The molecule has 0 fully saturated rings. The van der Waals surface area contributed by atoms with Gasteiger partial charge in [-0.2, -0.15) is 0 Å². The lowest BCUT2D eigenvalue weighted by molar-refractivity contribution is 0.783. The van der Waals surface area contributed by atoms with E-state index < -0.39 is 0 Å². The molecule has 1 aromatic carbocycles. The summed E-state index contributed by atoms with van der Waals surface area (Å²) < 4.78 is 0. The Balaban J connectivity index is 2.06. The Morgan fingerprint density at radius 3 is 2.67 bits per heavy atom. The Bertz CT molecular complexity index is 670. The molecule has 1 atom stereocenters. The minimum Gasteiger partial charge on any atom is -0.361 e. The first-order chi connectivity index (χ1) is 8.75. The molecule has 90 valence electrons. The lowest BCUT2D eigenvalue weighted by Crippen LogP contribution is -2.14. The maximum absolute atomic E-state index is 6.23. The highest BCUT2D eigenvalue weighted by atomic mass is 14.9. The standard InChI is InChI=1S/C14H14N4/c1-9-6-17-14(18-7-9)13(15)11-8-16-12-5-3-2-4-10(11)12/h2-8,13,16H,15H2,1H3. The molecule has 4 nitrogen and oxygen atoms in total. The molecular weight excluding hydrogens is 224 g/mol. The highest BCUT2D eigenvalue weighted by Crippen LogP contribution is 2.25. The zero-order valence-electron chi connectivity index (χ0n) is 10.1. The number of aromatic amines is 1. The molecule has 0 radical (unpaired) electrons. The quantitative estimate of drug-likeness (QED) is 0.720. The molecule has 0 amide bonds. The second kappa shape index (κ2) is 4.23. The van der Waals surface area contributed by atoms with Gasteiger partial charge in [-0.25, -0.2) is 9.97 Å². The van der Waals surface area contributed by atoms with Gasteiger partial charge < -0.3 is 10.7 Å². The average Bonchev–Trinajstić information content (AvgIpc) is 2.82. The maximum atomic E-state index is 6.23. The predicted molar refractivity (Wildman–Crippen MR) is 71.1 cm³/mol. The summed E-state index contributed by atoms with van der Waals surface area (Å²) in [7, 11) is 0. The van der Waals surface area contributed by atoms with Crippen molar-refractivity contribution in [1.82, 2.24) is 15.0 Å². The highest BCUT2D eigenvalue weighted by Gasteiger charge is 2.15. The molecule has 4 heteroatoms. The minimum atomic E-state index is -0.304. The second-order valence-electron chi connectivity index (χ2n) is 4.39. The van der Waals surface area contributed by atoms with Crippen molar-refractivity contribution in [1.29, 1.82) is 0 Å². The molecule has 2 aromatic heterocycles. The van der Waals surface area contributed by atoms with Crippen LogP contribution in [0.3, 0.4) is 0 Å². The van der Waals surface area contributed by atoms with Crippen LogP contribution < -0.4 is 5.73 Å². The van der Waals surface area contributed by atoms with E-state index in [9.17, 15) is 0 Å². The van der Waals surface area contributed by atoms with Gasteiger partial charge in [-0.15, -0.1) is 0 Å². The van der Waals surface area contributed by atoms with Crippen molar-refractivity contribution in [3.8, 4) is 0 Å². The van der Waals surface area contributed by atoms with Crippen LogP contribution in [0.25, 0.3) is 10.9 Å². The van der Waals surface area contributed by atoms with Crippen molar-refractivity contribution in [3.63, 3.8) is 0 Å². The minimum absolute atomic E-state index is 0.304. The molecule has 3 aromatic rings. The topological polar surface area (TPSA) is 67.6 Å². The van der Waals surface area contributed by atoms with E-state index in [1.807, 2.05) is 31.3 Å². The first-order valence-electron chi connectivity index (χ1n) is 5.86. The van der Waals surface area contributed by atoms with Gasteiger partial charge in [0, 0.05) is 35.1 Å². The summed E-state index contributed by atoms with van der Waals surface area (Å²) in [6.07, 6.45) is 5.51. The van der Waals surface area contributed by atoms with Crippen LogP contribution in [-0.4, -0.2) is 15.0 Å². The Hall–Kier alpha value is -2.20. The Labute approximate surface area is 105 Å². The van der Waals surface area contributed by atoms with Crippen molar-refractivity contribution in [2.24, 2.45) is 5.73 Å². The summed E-state index contributed by atoms with van der Waals surface area (Å²) >= 11 is 0. The van der Waals surface area contributed by atoms with Crippen molar-refractivity contribution in [3.05, 3.63) is 59.8 Å². The number of H-pyrrole nitrogens is 1. The zero-order chi connectivity index (χ0) is 12.5. The van der Waals surface area contributed by atoms with Crippen LogP contribution in [0.5, 0.6) is 0 Å². The van der Waals surface area contributed by atoms with E-state index in [1.54, 1.807) is 12.4 Å². The first-order valence-corrected chi connectivity index (χ1v) is 5.86. The lowest BCUT2D eigenvalue weighted by atomic mass is 10.1. The summed E-state index contributed by atoms with van der Waals surface area (Å²) in [6, 6.07) is 7.78. The SMILES string of the molecule is Cc1cnc(C(N)c2c[nH]c3ccccc23)nc1. The molecule has 2 heterocycles. The summed E-state index contributed by atoms with van der Waals surface area (Å²) in [5.74, 6) is 0.644. The van der Waals surface area contributed by atoms with Gasteiger partial charge in [0.25, 0.3) is 0 Å². The second-order valence-corrected chi connectivity index (χ2v) is 4.39. The van der Waals surface area contributed by atoms with E-state index in [0.29, 0.717) is 5.82 Å². The van der Waals surface area contributed by atoms with E-state index in [1.165, 1.54) is 0 Å². The van der Waals surface area contributed by atoms with E-state index in [-0.39, 0.29) is 6.04 Å². The van der Waals surface area contributed by atoms with Gasteiger partial charge >= 0.3 is 0 Å². The number of hydrogen-bond acceptors (Lipinski definition) is 3. The molecule has 0 aliphatic carbocycles. The summed E-state index contributed by atoms with van der Waals surface area (Å²) in [5, 5.41) is 1.12. The number of aromatic nitrogens is 3. The normalized spacial score (nSPS) is 12.8. The number of nitrogens with two attached hydrogens (primary N) is 1. The Kier molecular flexibility index (Phi) is 2.57. The third-order valence-electron chi connectivity index (χ3n) is 3.04. The highest BCUT2D eigenvalue weighted by molar-refractivity contribution is 5.83. The first kappa shape index (κ1) is 10.9. The number of benzene rings is 1. The monoisotopic (exact) mass is 238 g/mol. The van der Waals surface area contributed by atoms with Crippen LogP contribution in [0, 0.1) is 6.92 Å².